The SMILES string of the molecule is COc1ccc(CC(=O)NC[C@@H]2CCN(c3ccccc3C)C2)cc1OC. The number of benzene rings is 2. The molecule has 1 aliphatic rings. The zero-order valence-electron chi connectivity index (χ0n) is 16.3. The van der Waals surface area contributed by atoms with Gasteiger partial charge in [0.25, 0.3) is 0 Å². The summed E-state index contributed by atoms with van der Waals surface area (Å²) in [6.07, 6.45) is 1.44. The molecule has 1 amide bonds. The van der Waals surface area contributed by atoms with E-state index < -0.39 is 0 Å². The van der Waals surface area contributed by atoms with Crippen LogP contribution in [0.5, 0.6) is 11.5 Å². The number of carbonyl (C=O) groups excluding carboxylic acids is 1. The number of rotatable bonds is 7. The smallest absolute Gasteiger partial charge is 0.224 e. The first kappa shape index (κ1) is 19.1. The Morgan fingerprint density at radius 3 is 2.67 bits per heavy atom. The van der Waals surface area contributed by atoms with Crippen LogP contribution in [-0.4, -0.2) is 39.8 Å². The van der Waals surface area contributed by atoms with E-state index in [2.05, 4.69) is 41.4 Å². The van der Waals surface area contributed by atoms with E-state index in [1.54, 1.807) is 14.2 Å². The summed E-state index contributed by atoms with van der Waals surface area (Å²) in [6.45, 7) is 4.89. The molecule has 2 aromatic carbocycles. The summed E-state index contributed by atoms with van der Waals surface area (Å²) in [7, 11) is 3.20. The van der Waals surface area contributed by atoms with Crippen molar-refractivity contribution < 1.29 is 14.3 Å². The molecule has 1 atom stereocenters. The zero-order valence-corrected chi connectivity index (χ0v) is 16.3. The van der Waals surface area contributed by atoms with E-state index in [0.29, 0.717) is 30.4 Å². The van der Waals surface area contributed by atoms with E-state index in [-0.39, 0.29) is 5.91 Å². The van der Waals surface area contributed by atoms with Gasteiger partial charge >= 0.3 is 0 Å². The van der Waals surface area contributed by atoms with Gasteiger partial charge in [-0.1, -0.05) is 24.3 Å². The summed E-state index contributed by atoms with van der Waals surface area (Å²) < 4.78 is 10.5. The van der Waals surface area contributed by atoms with Crippen molar-refractivity contribution in [1.29, 1.82) is 0 Å². The van der Waals surface area contributed by atoms with Crippen molar-refractivity contribution in [2.75, 3.05) is 38.8 Å². The van der Waals surface area contributed by atoms with Crippen molar-refractivity contribution in [3.05, 3.63) is 53.6 Å². The second kappa shape index (κ2) is 8.80. The molecular formula is C22H28N2O3. The molecular weight excluding hydrogens is 340 g/mol. The Hall–Kier alpha value is -2.69. The Bertz CT molecular complexity index is 791. The predicted molar refractivity (Wildman–Crippen MR) is 108 cm³/mol. The highest BCUT2D eigenvalue weighted by Crippen LogP contribution is 2.28. The first-order valence-electron chi connectivity index (χ1n) is 9.39. The zero-order chi connectivity index (χ0) is 19.2. The highest BCUT2D eigenvalue weighted by atomic mass is 16.5. The number of para-hydroxylation sites is 1. The van der Waals surface area contributed by atoms with E-state index >= 15 is 0 Å². The third-order valence-electron chi connectivity index (χ3n) is 5.14. The van der Waals surface area contributed by atoms with Gasteiger partial charge in [0.2, 0.25) is 5.91 Å². The fraction of sp³-hybridized carbons (Fsp3) is 0.409. The lowest BCUT2D eigenvalue weighted by Gasteiger charge is -2.21. The summed E-state index contributed by atoms with van der Waals surface area (Å²) in [6, 6.07) is 14.1. The maximum absolute atomic E-state index is 12.3. The van der Waals surface area contributed by atoms with E-state index in [1.807, 2.05) is 18.2 Å². The molecule has 27 heavy (non-hydrogen) atoms. The molecule has 0 bridgehead atoms. The quantitative estimate of drug-likeness (QED) is 0.815. The van der Waals surface area contributed by atoms with Gasteiger partial charge < -0.3 is 19.7 Å². The standard InChI is InChI=1S/C22H28N2O3/c1-16-6-4-5-7-19(16)24-11-10-18(15-24)14-23-22(25)13-17-8-9-20(26-2)21(12-17)27-3/h4-9,12,18H,10-11,13-15H2,1-3H3,(H,23,25)/t18-/m0/s1. The average Bonchev–Trinajstić information content (AvgIpc) is 3.15. The summed E-state index contributed by atoms with van der Waals surface area (Å²) >= 11 is 0. The second-order valence-corrected chi connectivity index (χ2v) is 7.06. The lowest BCUT2D eigenvalue weighted by molar-refractivity contribution is -0.120. The minimum Gasteiger partial charge on any atom is -0.493 e. The molecule has 5 heteroatoms. The van der Waals surface area contributed by atoms with Crippen LogP contribution in [-0.2, 0) is 11.2 Å². The first-order valence-corrected chi connectivity index (χ1v) is 9.39. The molecule has 1 saturated heterocycles. The molecule has 0 unspecified atom stereocenters. The third-order valence-corrected chi connectivity index (χ3v) is 5.14. The number of amides is 1. The molecule has 3 rings (SSSR count). The highest BCUT2D eigenvalue weighted by Gasteiger charge is 2.23. The number of methoxy groups -OCH3 is 2. The van der Waals surface area contributed by atoms with Gasteiger partial charge in [-0.2, -0.15) is 0 Å². The number of anilines is 1. The van der Waals surface area contributed by atoms with E-state index in [0.717, 1.165) is 25.1 Å². The van der Waals surface area contributed by atoms with Gasteiger partial charge in [-0.05, 0) is 48.6 Å². The molecule has 0 aromatic heterocycles. The summed E-state index contributed by atoms with van der Waals surface area (Å²) in [5.41, 5.74) is 3.52. The normalized spacial score (nSPS) is 16.3. The Morgan fingerprint density at radius 1 is 1.15 bits per heavy atom. The van der Waals surface area contributed by atoms with Crippen molar-refractivity contribution in [2.45, 2.75) is 19.8 Å². The molecule has 1 fully saturated rings. The maximum atomic E-state index is 12.3. The minimum absolute atomic E-state index is 0.0385. The lowest BCUT2D eigenvalue weighted by Crippen LogP contribution is -2.32. The van der Waals surface area contributed by atoms with E-state index in [4.69, 9.17) is 9.47 Å². The fourth-order valence-corrected chi connectivity index (χ4v) is 3.63. The molecule has 2 aromatic rings. The van der Waals surface area contributed by atoms with Crippen LogP contribution in [0.15, 0.2) is 42.5 Å². The van der Waals surface area contributed by atoms with Crippen LogP contribution in [0.2, 0.25) is 0 Å². The van der Waals surface area contributed by atoms with Crippen LogP contribution in [0.1, 0.15) is 17.5 Å². The van der Waals surface area contributed by atoms with Crippen LogP contribution in [0.4, 0.5) is 5.69 Å². The van der Waals surface area contributed by atoms with Crippen LogP contribution in [0.25, 0.3) is 0 Å². The van der Waals surface area contributed by atoms with Gasteiger partial charge in [-0.15, -0.1) is 0 Å². The fourth-order valence-electron chi connectivity index (χ4n) is 3.63. The van der Waals surface area contributed by atoms with Gasteiger partial charge in [0.05, 0.1) is 20.6 Å². The number of aryl methyl sites for hydroxylation is 1. The Kier molecular flexibility index (Phi) is 6.22. The number of carbonyl (C=O) groups is 1. The number of nitrogens with zero attached hydrogens (tertiary/aromatic N) is 1. The number of nitrogens with one attached hydrogen (secondary N) is 1. The van der Waals surface area contributed by atoms with Gasteiger partial charge in [0.15, 0.2) is 11.5 Å². The van der Waals surface area contributed by atoms with Crippen LogP contribution in [0.3, 0.4) is 0 Å². The molecule has 144 valence electrons. The van der Waals surface area contributed by atoms with Gasteiger partial charge in [0, 0.05) is 25.3 Å². The van der Waals surface area contributed by atoms with Crippen molar-refractivity contribution in [2.24, 2.45) is 5.92 Å². The Labute approximate surface area is 161 Å². The largest absolute Gasteiger partial charge is 0.493 e. The van der Waals surface area contributed by atoms with Crippen molar-refractivity contribution in [3.63, 3.8) is 0 Å². The molecule has 1 aliphatic heterocycles. The Balaban J connectivity index is 1.49. The minimum atomic E-state index is 0.0385. The van der Waals surface area contributed by atoms with Crippen molar-refractivity contribution in [3.8, 4) is 11.5 Å². The topological polar surface area (TPSA) is 50.8 Å². The summed E-state index contributed by atoms with van der Waals surface area (Å²) in [5, 5.41) is 3.09. The van der Waals surface area contributed by atoms with E-state index in [1.165, 1.54) is 11.3 Å². The summed E-state index contributed by atoms with van der Waals surface area (Å²) in [5.74, 6) is 1.84. The predicted octanol–water partition coefficient (Wildman–Crippen LogP) is 3.20. The highest BCUT2D eigenvalue weighted by molar-refractivity contribution is 5.78. The maximum Gasteiger partial charge on any atom is 0.224 e. The van der Waals surface area contributed by atoms with Crippen LogP contribution < -0.4 is 19.7 Å². The first-order chi connectivity index (χ1) is 13.1. The Morgan fingerprint density at radius 2 is 1.93 bits per heavy atom. The molecule has 0 radical (unpaired) electrons. The van der Waals surface area contributed by atoms with Crippen molar-refractivity contribution in [1.82, 2.24) is 5.32 Å². The molecule has 0 saturated carbocycles. The summed E-state index contributed by atoms with van der Waals surface area (Å²) in [4.78, 5) is 14.7. The average molecular weight is 368 g/mol. The number of ether oxygens (including phenoxy) is 2. The molecule has 0 spiro atoms. The molecule has 5 nitrogen and oxygen atoms in total. The van der Waals surface area contributed by atoms with Gasteiger partial charge in [-0.3, -0.25) is 4.79 Å². The van der Waals surface area contributed by atoms with Gasteiger partial charge in [0.1, 0.15) is 0 Å². The number of hydrogen-bond donors (Lipinski definition) is 1. The monoisotopic (exact) mass is 368 g/mol. The lowest BCUT2D eigenvalue weighted by atomic mass is 10.1. The third kappa shape index (κ3) is 4.73. The van der Waals surface area contributed by atoms with Crippen LogP contribution >= 0.6 is 0 Å². The second-order valence-electron chi connectivity index (χ2n) is 7.06. The molecule has 1 N–H and O–H groups in total. The van der Waals surface area contributed by atoms with E-state index in [9.17, 15) is 4.79 Å². The molecule has 1 heterocycles. The van der Waals surface area contributed by atoms with Gasteiger partial charge in [-0.25, -0.2) is 0 Å². The van der Waals surface area contributed by atoms with Crippen molar-refractivity contribution >= 4 is 11.6 Å². The molecule has 0 aliphatic carbocycles. The number of hydrogen-bond acceptors (Lipinski definition) is 4. The van der Waals surface area contributed by atoms with Crippen LogP contribution in [0, 0.1) is 12.8 Å².